The van der Waals surface area contributed by atoms with E-state index < -0.39 is 6.10 Å². The summed E-state index contributed by atoms with van der Waals surface area (Å²) in [6.07, 6.45) is 67.7. The van der Waals surface area contributed by atoms with Gasteiger partial charge in [-0.2, -0.15) is 0 Å². The van der Waals surface area contributed by atoms with Crippen LogP contribution in [0.15, 0.2) is 60.8 Å². The van der Waals surface area contributed by atoms with Crippen molar-refractivity contribution in [1.29, 1.82) is 0 Å². The van der Waals surface area contributed by atoms with E-state index in [2.05, 4.69) is 74.6 Å². The van der Waals surface area contributed by atoms with Crippen molar-refractivity contribution in [2.24, 2.45) is 0 Å². The van der Waals surface area contributed by atoms with E-state index in [9.17, 15) is 14.7 Å². The molecule has 0 radical (unpaired) electrons. The monoisotopic (exact) mass is 839 g/mol. The van der Waals surface area contributed by atoms with Crippen LogP contribution in [0.25, 0.3) is 0 Å². The van der Waals surface area contributed by atoms with E-state index in [0.29, 0.717) is 12.8 Å². The number of unbranched alkanes of at least 4 members (excludes halogenated alkanes) is 29. The van der Waals surface area contributed by atoms with Gasteiger partial charge in [0.1, 0.15) is 6.61 Å². The third kappa shape index (κ3) is 48.3. The Morgan fingerprint density at radius 2 is 0.717 bits per heavy atom. The molecule has 0 aliphatic carbocycles. The zero-order chi connectivity index (χ0) is 43.5. The Kier molecular flexibility index (Phi) is 48.9. The Hall–Kier alpha value is -2.40. The molecule has 0 rings (SSSR count). The summed E-state index contributed by atoms with van der Waals surface area (Å²) in [5.41, 5.74) is 0. The second kappa shape index (κ2) is 51.0. The van der Waals surface area contributed by atoms with E-state index in [1.54, 1.807) is 0 Å². The standard InChI is InChI=1S/C55H98O5/c1-3-5-7-9-11-13-15-16-17-18-19-20-21-22-23-24-25-26-27-28-29-30-31-32-33-34-35-36-37-38-40-42-44-46-48-50-55(58)60-53(51-56)52-59-54(57)49-47-45-43-41-39-14-12-10-8-6-4-2/h5,7,10-13,16-17,19-20,53,56H,3-4,6,8-9,14-15,18,21-52H2,1-2H3/b7-5-,12-10-,13-11-,17-16-,20-19-. The molecule has 0 aliphatic heterocycles. The maximum absolute atomic E-state index is 12.2. The largest absolute Gasteiger partial charge is 0.462 e. The van der Waals surface area contributed by atoms with Gasteiger partial charge in [-0.25, -0.2) is 0 Å². The molecule has 60 heavy (non-hydrogen) atoms. The Labute approximate surface area is 372 Å². The maximum Gasteiger partial charge on any atom is 0.306 e. The van der Waals surface area contributed by atoms with E-state index in [1.165, 1.54) is 161 Å². The molecule has 0 amide bonds. The van der Waals surface area contributed by atoms with E-state index >= 15 is 0 Å². The summed E-state index contributed by atoms with van der Waals surface area (Å²) in [5.74, 6) is -0.594. The van der Waals surface area contributed by atoms with Gasteiger partial charge in [0.05, 0.1) is 6.61 Å². The molecule has 5 nitrogen and oxygen atoms in total. The number of allylic oxidation sites excluding steroid dienone is 10. The average molecular weight is 839 g/mol. The molecule has 1 atom stereocenters. The zero-order valence-corrected chi connectivity index (χ0v) is 39.7. The van der Waals surface area contributed by atoms with E-state index in [0.717, 1.165) is 70.6 Å². The quantitative estimate of drug-likeness (QED) is 0.0375. The van der Waals surface area contributed by atoms with Gasteiger partial charge in [-0.05, 0) is 70.6 Å². The molecule has 0 bridgehead atoms. The smallest absolute Gasteiger partial charge is 0.306 e. The molecule has 0 saturated heterocycles. The minimum Gasteiger partial charge on any atom is -0.462 e. The zero-order valence-electron chi connectivity index (χ0n) is 39.7. The molecule has 348 valence electrons. The number of aliphatic hydroxyl groups is 1. The van der Waals surface area contributed by atoms with Crippen LogP contribution in [0.1, 0.15) is 258 Å². The first kappa shape index (κ1) is 57.6. The van der Waals surface area contributed by atoms with E-state index in [-0.39, 0.29) is 25.2 Å². The molecule has 0 fully saturated rings. The van der Waals surface area contributed by atoms with Gasteiger partial charge in [-0.15, -0.1) is 0 Å². The molecule has 0 aromatic carbocycles. The molecule has 1 N–H and O–H groups in total. The van der Waals surface area contributed by atoms with Gasteiger partial charge in [0.2, 0.25) is 0 Å². The Balaban J connectivity index is 3.40. The summed E-state index contributed by atoms with van der Waals surface area (Å²) >= 11 is 0. The number of carbonyl (C=O) groups excluding carboxylic acids is 2. The van der Waals surface area contributed by atoms with Gasteiger partial charge in [0, 0.05) is 12.8 Å². The lowest BCUT2D eigenvalue weighted by Gasteiger charge is -2.15. The first-order chi connectivity index (χ1) is 29.6. The van der Waals surface area contributed by atoms with E-state index in [4.69, 9.17) is 9.47 Å². The van der Waals surface area contributed by atoms with Crippen molar-refractivity contribution in [3.63, 3.8) is 0 Å². The molecule has 0 saturated carbocycles. The lowest BCUT2D eigenvalue weighted by Crippen LogP contribution is -2.28. The SMILES string of the molecule is CC/C=C\C/C=C\C/C=C\C/C=C\CCCCCCCCCCCCCCCCCCCCCCCCC(=O)OC(CO)COC(=O)CCCCCCC/C=C\CCCC. The molecule has 5 heteroatoms. The second-order valence-electron chi connectivity index (χ2n) is 17.2. The summed E-state index contributed by atoms with van der Waals surface area (Å²) in [6, 6.07) is 0. The topological polar surface area (TPSA) is 72.8 Å². The molecule has 1 unspecified atom stereocenters. The normalized spacial score (nSPS) is 12.7. The molecule has 0 aliphatic rings. The number of aliphatic hydroxyl groups excluding tert-OH is 1. The number of hydrogen-bond donors (Lipinski definition) is 1. The predicted molar refractivity (Wildman–Crippen MR) is 260 cm³/mol. The van der Waals surface area contributed by atoms with E-state index in [1.807, 2.05) is 0 Å². The van der Waals surface area contributed by atoms with Crippen LogP contribution in [0.3, 0.4) is 0 Å². The highest BCUT2D eigenvalue weighted by Crippen LogP contribution is 2.16. The third-order valence-corrected chi connectivity index (χ3v) is 11.3. The van der Waals surface area contributed by atoms with Crippen molar-refractivity contribution < 1.29 is 24.2 Å². The van der Waals surface area contributed by atoms with Crippen LogP contribution in [-0.2, 0) is 19.1 Å². The fourth-order valence-corrected chi connectivity index (χ4v) is 7.41. The fourth-order valence-electron chi connectivity index (χ4n) is 7.41. The molecular formula is C55H98O5. The van der Waals surface area contributed by atoms with Crippen LogP contribution >= 0.6 is 0 Å². The van der Waals surface area contributed by atoms with Gasteiger partial charge in [0.25, 0.3) is 0 Å². The van der Waals surface area contributed by atoms with Crippen molar-refractivity contribution in [1.82, 2.24) is 0 Å². The van der Waals surface area contributed by atoms with Crippen molar-refractivity contribution in [3.8, 4) is 0 Å². The van der Waals surface area contributed by atoms with Gasteiger partial charge in [-0.3, -0.25) is 9.59 Å². The predicted octanol–water partition coefficient (Wildman–Crippen LogP) is 17.1. The van der Waals surface area contributed by atoms with Crippen LogP contribution in [0.5, 0.6) is 0 Å². The van der Waals surface area contributed by atoms with Gasteiger partial charge in [0.15, 0.2) is 6.10 Å². The first-order valence-corrected chi connectivity index (χ1v) is 25.8. The fraction of sp³-hybridized carbons (Fsp3) is 0.782. The maximum atomic E-state index is 12.2. The summed E-state index contributed by atoms with van der Waals surface area (Å²) in [4.78, 5) is 24.3. The highest BCUT2D eigenvalue weighted by molar-refractivity contribution is 5.70. The van der Waals surface area contributed by atoms with Crippen LogP contribution < -0.4 is 0 Å². The Bertz CT molecular complexity index is 1040. The Morgan fingerprint density at radius 3 is 1.10 bits per heavy atom. The number of ether oxygens (including phenoxy) is 2. The summed E-state index contributed by atoms with van der Waals surface area (Å²) in [7, 11) is 0. The minimum atomic E-state index is -0.772. The van der Waals surface area contributed by atoms with Gasteiger partial charge < -0.3 is 14.6 Å². The van der Waals surface area contributed by atoms with Crippen molar-refractivity contribution in [2.45, 2.75) is 264 Å². The first-order valence-electron chi connectivity index (χ1n) is 25.8. The minimum absolute atomic E-state index is 0.0679. The third-order valence-electron chi connectivity index (χ3n) is 11.3. The number of carbonyl (C=O) groups is 2. The van der Waals surface area contributed by atoms with Crippen molar-refractivity contribution >= 4 is 11.9 Å². The number of rotatable bonds is 47. The average Bonchev–Trinajstić information content (AvgIpc) is 3.25. The highest BCUT2D eigenvalue weighted by atomic mass is 16.6. The second-order valence-corrected chi connectivity index (χ2v) is 17.2. The number of esters is 2. The van der Waals surface area contributed by atoms with Crippen molar-refractivity contribution in [3.05, 3.63) is 60.8 Å². The van der Waals surface area contributed by atoms with Crippen LogP contribution in [-0.4, -0.2) is 36.4 Å². The molecule has 0 aromatic heterocycles. The van der Waals surface area contributed by atoms with Crippen molar-refractivity contribution in [2.75, 3.05) is 13.2 Å². The number of hydrogen-bond acceptors (Lipinski definition) is 5. The van der Waals surface area contributed by atoms with Gasteiger partial charge >= 0.3 is 11.9 Å². The van der Waals surface area contributed by atoms with Crippen LogP contribution in [0, 0.1) is 0 Å². The lowest BCUT2D eigenvalue weighted by atomic mass is 10.0. The van der Waals surface area contributed by atoms with Crippen LogP contribution in [0.4, 0.5) is 0 Å². The van der Waals surface area contributed by atoms with Crippen LogP contribution in [0.2, 0.25) is 0 Å². The Morgan fingerprint density at radius 1 is 0.400 bits per heavy atom. The lowest BCUT2D eigenvalue weighted by molar-refractivity contribution is -0.161. The van der Waals surface area contributed by atoms with Gasteiger partial charge in [-0.1, -0.05) is 235 Å². The summed E-state index contributed by atoms with van der Waals surface area (Å²) in [6.45, 7) is 3.99. The molecule has 0 spiro atoms. The molecular weight excluding hydrogens is 741 g/mol. The molecule has 0 aromatic rings. The summed E-state index contributed by atoms with van der Waals surface area (Å²) < 4.78 is 10.6. The highest BCUT2D eigenvalue weighted by Gasteiger charge is 2.16. The summed E-state index contributed by atoms with van der Waals surface area (Å²) in [5, 5.41) is 9.59. The molecule has 0 heterocycles.